The van der Waals surface area contributed by atoms with Crippen LogP contribution in [0.5, 0.6) is 0 Å². The van der Waals surface area contributed by atoms with E-state index in [4.69, 9.17) is 5.73 Å². The number of nitrogens with two attached hydrogens (primary N) is 1. The van der Waals surface area contributed by atoms with E-state index in [2.05, 4.69) is 29.0 Å². The molecule has 0 unspecified atom stereocenters. The van der Waals surface area contributed by atoms with Crippen LogP contribution in [-0.4, -0.2) is 29.5 Å². The Morgan fingerprint density at radius 2 is 1.85 bits per heavy atom. The van der Waals surface area contributed by atoms with Crippen molar-refractivity contribution in [3.8, 4) is 0 Å². The van der Waals surface area contributed by atoms with Crippen LogP contribution in [-0.2, 0) is 4.79 Å². The molecule has 0 saturated heterocycles. The van der Waals surface area contributed by atoms with E-state index < -0.39 is 5.54 Å². The van der Waals surface area contributed by atoms with Crippen molar-refractivity contribution in [3.63, 3.8) is 0 Å². The van der Waals surface area contributed by atoms with E-state index in [0.29, 0.717) is 18.5 Å². The van der Waals surface area contributed by atoms with Crippen LogP contribution in [0.25, 0.3) is 0 Å². The molecule has 112 valence electrons. The molecule has 1 aromatic heterocycles. The van der Waals surface area contributed by atoms with E-state index in [1.165, 1.54) is 0 Å². The lowest BCUT2D eigenvalue weighted by atomic mass is 9.93. The van der Waals surface area contributed by atoms with Crippen LogP contribution in [0.4, 0.5) is 11.5 Å². The van der Waals surface area contributed by atoms with Gasteiger partial charge in [-0.2, -0.15) is 0 Å². The van der Waals surface area contributed by atoms with Gasteiger partial charge in [0.2, 0.25) is 5.91 Å². The Labute approximate surface area is 121 Å². The molecule has 0 atom stereocenters. The van der Waals surface area contributed by atoms with Crippen LogP contribution >= 0.6 is 0 Å². The number of nitrogens with zero attached hydrogens (tertiary/aromatic N) is 2. The lowest BCUT2D eigenvalue weighted by Gasteiger charge is -2.25. The maximum Gasteiger partial charge on any atom is 0.244 e. The van der Waals surface area contributed by atoms with Crippen molar-refractivity contribution in [2.45, 2.75) is 46.1 Å². The molecule has 0 aliphatic heterocycles. The molecule has 0 aliphatic rings. The summed E-state index contributed by atoms with van der Waals surface area (Å²) < 4.78 is 0. The third kappa shape index (κ3) is 3.70. The minimum absolute atomic E-state index is 0.153. The van der Waals surface area contributed by atoms with Gasteiger partial charge < -0.3 is 16.0 Å². The van der Waals surface area contributed by atoms with Gasteiger partial charge in [-0.3, -0.25) is 4.79 Å². The van der Waals surface area contributed by atoms with Gasteiger partial charge in [0.05, 0.1) is 17.4 Å². The zero-order valence-corrected chi connectivity index (χ0v) is 12.9. The first kappa shape index (κ1) is 16.4. The number of anilines is 2. The van der Waals surface area contributed by atoms with Gasteiger partial charge in [0.15, 0.2) is 0 Å². The van der Waals surface area contributed by atoms with Crippen molar-refractivity contribution in [2.24, 2.45) is 5.73 Å². The Kier molecular flexibility index (Phi) is 5.95. The van der Waals surface area contributed by atoms with E-state index in [0.717, 1.165) is 18.9 Å². The molecule has 5 nitrogen and oxygen atoms in total. The number of aromatic nitrogens is 1. The third-order valence-corrected chi connectivity index (χ3v) is 3.81. The molecule has 20 heavy (non-hydrogen) atoms. The van der Waals surface area contributed by atoms with E-state index in [1.807, 2.05) is 26.0 Å². The average molecular weight is 278 g/mol. The second kappa shape index (κ2) is 7.24. The average Bonchev–Trinajstić information content (AvgIpc) is 2.49. The zero-order valence-electron chi connectivity index (χ0n) is 12.9. The predicted octanol–water partition coefficient (Wildman–Crippen LogP) is 2.38. The van der Waals surface area contributed by atoms with Gasteiger partial charge in [0.25, 0.3) is 0 Å². The van der Waals surface area contributed by atoms with Gasteiger partial charge >= 0.3 is 0 Å². The van der Waals surface area contributed by atoms with Gasteiger partial charge in [-0.15, -0.1) is 0 Å². The van der Waals surface area contributed by atoms with E-state index in [-0.39, 0.29) is 5.91 Å². The summed E-state index contributed by atoms with van der Waals surface area (Å²) >= 11 is 0. The molecular weight excluding hydrogens is 252 g/mol. The number of pyridine rings is 1. The smallest absolute Gasteiger partial charge is 0.244 e. The Morgan fingerprint density at radius 1 is 1.25 bits per heavy atom. The molecule has 0 aromatic carbocycles. The second-order valence-corrected chi connectivity index (χ2v) is 4.89. The highest BCUT2D eigenvalue weighted by Crippen LogP contribution is 2.17. The summed E-state index contributed by atoms with van der Waals surface area (Å²) in [5.41, 5.74) is 5.94. The third-order valence-electron chi connectivity index (χ3n) is 3.81. The monoisotopic (exact) mass is 278 g/mol. The number of hydrogen-bond acceptors (Lipinski definition) is 4. The normalized spacial score (nSPS) is 11.2. The zero-order chi connectivity index (χ0) is 15.2. The molecule has 1 rings (SSSR count). The molecule has 1 amide bonds. The summed E-state index contributed by atoms with van der Waals surface area (Å²) in [6.45, 7) is 9.84. The molecule has 0 bridgehead atoms. The van der Waals surface area contributed by atoms with Crippen LogP contribution < -0.4 is 16.0 Å². The highest BCUT2D eigenvalue weighted by Gasteiger charge is 2.29. The number of nitrogens with one attached hydrogen (secondary N) is 1. The van der Waals surface area contributed by atoms with Crippen LogP contribution in [0.15, 0.2) is 18.3 Å². The summed E-state index contributed by atoms with van der Waals surface area (Å²) in [7, 11) is 0. The molecule has 0 radical (unpaired) electrons. The van der Waals surface area contributed by atoms with Crippen LogP contribution in [0, 0.1) is 0 Å². The number of amides is 1. The molecule has 5 heteroatoms. The molecule has 1 aromatic rings. The fraction of sp³-hybridized carbons (Fsp3) is 0.600. The summed E-state index contributed by atoms with van der Waals surface area (Å²) in [6.07, 6.45) is 2.90. The van der Waals surface area contributed by atoms with Gasteiger partial charge in [-0.1, -0.05) is 13.8 Å². The van der Waals surface area contributed by atoms with Gasteiger partial charge in [-0.05, 0) is 38.8 Å². The van der Waals surface area contributed by atoms with E-state index in [9.17, 15) is 4.79 Å². The molecule has 0 spiro atoms. The standard InChI is InChI=1S/C15H26N4O/c1-5-15(16,6-2)14(20)18-12-9-10-13(17-11-12)19(7-3)8-4/h9-11H,5-8,16H2,1-4H3,(H,18,20). The SMILES string of the molecule is CCN(CC)c1ccc(NC(=O)C(N)(CC)CC)cn1. The highest BCUT2D eigenvalue weighted by molar-refractivity contribution is 5.97. The van der Waals surface area contributed by atoms with Crippen LogP contribution in [0.1, 0.15) is 40.5 Å². The van der Waals surface area contributed by atoms with Crippen molar-refractivity contribution in [3.05, 3.63) is 18.3 Å². The number of carbonyl (C=O) groups excluding carboxylic acids is 1. The molecule has 0 saturated carbocycles. The summed E-state index contributed by atoms with van der Waals surface area (Å²) in [5.74, 6) is 0.762. The molecule has 0 aliphatic carbocycles. The number of hydrogen-bond donors (Lipinski definition) is 2. The van der Waals surface area contributed by atoms with Gasteiger partial charge in [0.1, 0.15) is 5.82 Å². The summed E-state index contributed by atoms with van der Waals surface area (Å²) in [6, 6.07) is 3.78. The molecule has 0 fully saturated rings. The van der Waals surface area contributed by atoms with Crippen molar-refractivity contribution in [1.29, 1.82) is 0 Å². The first-order valence-corrected chi connectivity index (χ1v) is 7.32. The molecular formula is C15H26N4O. The first-order chi connectivity index (χ1) is 9.50. The van der Waals surface area contributed by atoms with E-state index >= 15 is 0 Å². The van der Waals surface area contributed by atoms with Crippen molar-refractivity contribution >= 4 is 17.4 Å². The quantitative estimate of drug-likeness (QED) is 0.803. The van der Waals surface area contributed by atoms with Crippen molar-refractivity contribution < 1.29 is 4.79 Å². The van der Waals surface area contributed by atoms with Crippen LogP contribution in [0.2, 0.25) is 0 Å². The minimum atomic E-state index is -0.808. The highest BCUT2D eigenvalue weighted by atomic mass is 16.2. The van der Waals surface area contributed by atoms with Crippen LogP contribution in [0.3, 0.4) is 0 Å². The fourth-order valence-corrected chi connectivity index (χ4v) is 2.02. The topological polar surface area (TPSA) is 71.2 Å². The van der Waals surface area contributed by atoms with Crippen molar-refractivity contribution in [2.75, 3.05) is 23.3 Å². The Balaban J connectivity index is 2.78. The lowest BCUT2D eigenvalue weighted by molar-refractivity contribution is -0.121. The number of carbonyl (C=O) groups is 1. The number of rotatable bonds is 7. The Morgan fingerprint density at radius 3 is 2.25 bits per heavy atom. The molecule has 1 heterocycles. The summed E-state index contributed by atoms with van der Waals surface area (Å²) in [4.78, 5) is 18.7. The Bertz CT molecular complexity index is 422. The van der Waals surface area contributed by atoms with Crippen molar-refractivity contribution in [1.82, 2.24) is 4.98 Å². The van der Waals surface area contributed by atoms with Gasteiger partial charge in [0, 0.05) is 13.1 Å². The second-order valence-electron chi connectivity index (χ2n) is 4.89. The first-order valence-electron chi connectivity index (χ1n) is 7.32. The maximum absolute atomic E-state index is 12.2. The maximum atomic E-state index is 12.2. The molecule has 3 N–H and O–H groups in total. The fourth-order valence-electron chi connectivity index (χ4n) is 2.02. The van der Waals surface area contributed by atoms with E-state index in [1.54, 1.807) is 6.20 Å². The predicted molar refractivity (Wildman–Crippen MR) is 83.9 cm³/mol. The lowest BCUT2D eigenvalue weighted by Crippen LogP contribution is -2.50. The Hall–Kier alpha value is -1.62. The largest absolute Gasteiger partial charge is 0.357 e. The minimum Gasteiger partial charge on any atom is -0.357 e. The van der Waals surface area contributed by atoms with Gasteiger partial charge in [-0.25, -0.2) is 4.98 Å². The summed E-state index contributed by atoms with van der Waals surface area (Å²) in [5, 5.41) is 2.84.